The maximum atomic E-state index is 12.5. The van der Waals surface area contributed by atoms with E-state index in [0.717, 1.165) is 57.2 Å². The molecule has 198 valence electrons. The fourth-order valence-electron chi connectivity index (χ4n) is 10.4. The summed E-state index contributed by atoms with van der Waals surface area (Å²) >= 11 is 0. The molecule has 0 unspecified atom stereocenters. The maximum Gasteiger partial charge on any atom is 0.133 e. The van der Waals surface area contributed by atoms with Crippen LogP contribution in [0.25, 0.3) is 0 Å². The smallest absolute Gasteiger partial charge is 0.133 e. The van der Waals surface area contributed by atoms with Crippen LogP contribution in [0.2, 0.25) is 0 Å². The molecule has 1 heterocycles. The first-order valence-electron chi connectivity index (χ1n) is 14.9. The molecule has 1 aliphatic heterocycles. The predicted octanol–water partition coefficient (Wildman–Crippen LogP) is 5.52. The predicted molar refractivity (Wildman–Crippen MR) is 143 cm³/mol. The number of hydrogen-bond acceptors (Lipinski definition) is 4. The van der Waals surface area contributed by atoms with Gasteiger partial charge in [0.2, 0.25) is 0 Å². The van der Waals surface area contributed by atoms with Gasteiger partial charge in [0.1, 0.15) is 5.78 Å². The van der Waals surface area contributed by atoms with E-state index in [9.17, 15) is 9.90 Å². The van der Waals surface area contributed by atoms with Crippen LogP contribution in [0.3, 0.4) is 0 Å². The third-order valence-electron chi connectivity index (χ3n) is 12.1. The van der Waals surface area contributed by atoms with Gasteiger partial charge < -0.3 is 9.84 Å². The SMILES string of the molecule is CC(=O)[C@H]1CC[C@H]2[C@@H]3CC[C@H]4C[C@H](O)[C@@H](N5CCO[C@H](Cc6ccccc6)C5)C[C@]4(C)[C@H]3CC[C@]12C. The summed E-state index contributed by atoms with van der Waals surface area (Å²) in [5, 5.41) is 11.4. The molecule has 1 saturated heterocycles. The van der Waals surface area contributed by atoms with Crippen molar-refractivity contribution in [3.8, 4) is 0 Å². The van der Waals surface area contributed by atoms with Crippen molar-refractivity contribution >= 4 is 5.78 Å². The fourth-order valence-corrected chi connectivity index (χ4v) is 10.4. The van der Waals surface area contributed by atoms with Gasteiger partial charge in [-0.2, -0.15) is 0 Å². The summed E-state index contributed by atoms with van der Waals surface area (Å²) in [7, 11) is 0. The molecule has 0 aromatic heterocycles. The first-order valence-corrected chi connectivity index (χ1v) is 14.9. The van der Waals surface area contributed by atoms with Crippen LogP contribution in [0.1, 0.15) is 77.7 Å². The molecule has 0 radical (unpaired) electrons. The number of nitrogens with zero attached hydrogens (tertiary/aromatic N) is 1. The molecule has 36 heavy (non-hydrogen) atoms. The van der Waals surface area contributed by atoms with Crippen molar-refractivity contribution in [2.45, 2.75) is 96.8 Å². The van der Waals surface area contributed by atoms with Crippen molar-refractivity contribution in [2.75, 3.05) is 19.7 Å². The standard InChI is InChI=1S/C32H47NO3/c1-21(34)26-11-12-27-25-10-9-23-18-30(35)29(19-32(23,3)28(25)13-14-31(26,27)2)33-15-16-36-24(20-33)17-22-7-5-4-6-8-22/h4-8,23-30,35H,9-20H2,1-3H3/t23-,24+,25-,26+,27-,28-,29-,30-,31+,32-/m0/s1. The molecule has 5 aliphatic rings. The molecule has 0 amide bonds. The van der Waals surface area contributed by atoms with Crippen LogP contribution in [-0.4, -0.2) is 53.7 Å². The van der Waals surface area contributed by atoms with Crippen molar-refractivity contribution in [1.82, 2.24) is 4.90 Å². The van der Waals surface area contributed by atoms with Gasteiger partial charge in [-0.3, -0.25) is 9.69 Å². The lowest BCUT2D eigenvalue weighted by Gasteiger charge is -2.62. The van der Waals surface area contributed by atoms with Crippen LogP contribution in [0.15, 0.2) is 30.3 Å². The monoisotopic (exact) mass is 493 g/mol. The molecule has 4 saturated carbocycles. The molecular weight excluding hydrogens is 446 g/mol. The molecular formula is C32H47NO3. The summed E-state index contributed by atoms with van der Waals surface area (Å²) in [5.74, 6) is 3.57. The summed E-state index contributed by atoms with van der Waals surface area (Å²) in [5.41, 5.74) is 1.86. The molecule has 6 rings (SSSR count). The van der Waals surface area contributed by atoms with Crippen LogP contribution < -0.4 is 0 Å². The highest BCUT2D eigenvalue weighted by molar-refractivity contribution is 5.79. The van der Waals surface area contributed by atoms with E-state index < -0.39 is 0 Å². The van der Waals surface area contributed by atoms with Gasteiger partial charge in [0.15, 0.2) is 0 Å². The number of Topliss-reactive ketones (excluding diaryl/α,β-unsaturated/α-hetero) is 1. The Morgan fingerprint density at radius 3 is 2.61 bits per heavy atom. The van der Waals surface area contributed by atoms with Crippen molar-refractivity contribution in [2.24, 2.45) is 40.4 Å². The minimum atomic E-state index is -0.225. The Morgan fingerprint density at radius 2 is 1.83 bits per heavy atom. The number of hydrogen-bond donors (Lipinski definition) is 1. The second-order valence-corrected chi connectivity index (χ2v) is 13.7. The molecule has 1 aromatic rings. The molecule has 1 aromatic carbocycles. The van der Waals surface area contributed by atoms with Gasteiger partial charge in [-0.25, -0.2) is 0 Å². The summed E-state index contributed by atoms with van der Waals surface area (Å²) < 4.78 is 6.19. The average Bonchev–Trinajstić information content (AvgIpc) is 3.22. The highest BCUT2D eigenvalue weighted by atomic mass is 16.5. The van der Waals surface area contributed by atoms with Gasteiger partial charge in [0.05, 0.1) is 18.8 Å². The Kier molecular flexibility index (Phi) is 6.62. The summed E-state index contributed by atoms with van der Waals surface area (Å²) in [6, 6.07) is 10.9. The largest absolute Gasteiger partial charge is 0.391 e. The Hall–Kier alpha value is -1.23. The maximum absolute atomic E-state index is 12.5. The number of ketones is 1. The zero-order valence-corrected chi connectivity index (χ0v) is 22.7. The number of carbonyl (C=O) groups excluding carboxylic acids is 1. The van der Waals surface area contributed by atoms with E-state index >= 15 is 0 Å². The number of fused-ring (bicyclic) bond motifs is 5. The van der Waals surface area contributed by atoms with E-state index in [1.54, 1.807) is 0 Å². The summed E-state index contributed by atoms with van der Waals surface area (Å²) in [6.07, 6.45) is 10.4. The van der Waals surface area contributed by atoms with Gasteiger partial charge in [0, 0.05) is 25.0 Å². The van der Waals surface area contributed by atoms with E-state index in [4.69, 9.17) is 4.74 Å². The summed E-state index contributed by atoms with van der Waals surface area (Å²) in [4.78, 5) is 15.1. The van der Waals surface area contributed by atoms with E-state index in [2.05, 4.69) is 49.1 Å². The summed E-state index contributed by atoms with van der Waals surface area (Å²) in [6.45, 7) is 9.50. The normalized spacial score (nSPS) is 47.0. The van der Waals surface area contributed by atoms with Crippen LogP contribution in [0, 0.1) is 40.4 Å². The Labute approximate surface area is 218 Å². The lowest BCUT2D eigenvalue weighted by molar-refractivity contribution is -0.160. The number of morpholine rings is 1. The number of aliphatic hydroxyl groups excluding tert-OH is 1. The zero-order valence-electron chi connectivity index (χ0n) is 22.7. The van der Waals surface area contributed by atoms with Crippen molar-refractivity contribution in [3.63, 3.8) is 0 Å². The molecule has 4 heteroatoms. The number of rotatable bonds is 4. The molecule has 4 aliphatic carbocycles. The highest BCUT2D eigenvalue weighted by Crippen LogP contribution is 2.67. The quantitative estimate of drug-likeness (QED) is 0.600. The van der Waals surface area contributed by atoms with Crippen LogP contribution >= 0.6 is 0 Å². The van der Waals surface area contributed by atoms with Gasteiger partial charge in [-0.15, -0.1) is 0 Å². The van der Waals surface area contributed by atoms with Gasteiger partial charge in [0.25, 0.3) is 0 Å². The lowest BCUT2D eigenvalue weighted by Crippen LogP contribution is -2.61. The third kappa shape index (κ3) is 4.10. The molecule has 4 nitrogen and oxygen atoms in total. The van der Waals surface area contributed by atoms with Gasteiger partial charge in [-0.1, -0.05) is 44.2 Å². The second-order valence-electron chi connectivity index (χ2n) is 13.7. The molecule has 1 N–H and O–H groups in total. The van der Waals surface area contributed by atoms with E-state index in [1.807, 2.05) is 6.92 Å². The van der Waals surface area contributed by atoms with Crippen LogP contribution in [-0.2, 0) is 16.0 Å². The number of aliphatic hydroxyl groups is 1. The van der Waals surface area contributed by atoms with Gasteiger partial charge >= 0.3 is 0 Å². The molecule has 10 atom stereocenters. The molecule has 0 bridgehead atoms. The Balaban J connectivity index is 1.19. The molecule has 0 spiro atoms. The van der Waals surface area contributed by atoms with Crippen LogP contribution in [0.4, 0.5) is 0 Å². The Morgan fingerprint density at radius 1 is 1.06 bits per heavy atom. The zero-order chi connectivity index (χ0) is 25.1. The minimum absolute atomic E-state index is 0.204. The van der Waals surface area contributed by atoms with Crippen molar-refractivity contribution in [1.29, 1.82) is 0 Å². The lowest BCUT2D eigenvalue weighted by atomic mass is 9.44. The molecule has 5 fully saturated rings. The minimum Gasteiger partial charge on any atom is -0.391 e. The van der Waals surface area contributed by atoms with E-state index in [-0.39, 0.29) is 29.6 Å². The Bertz CT molecular complexity index is 950. The first-order chi connectivity index (χ1) is 17.3. The highest BCUT2D eigenvalue weighted by Gasteiger charge is 2.62. The van der Waals surface area contributed by atoms with Crippen LogP contribution in [0.5, 0.6) is 0 Å². The second kappa shape index (κ2) is 9.50. The number of ether oxygens (including phenoxy) is 1. The average molecular weight is 494 g/mol. The van der Waals surface area contributed by atoms with E-state index in [0.29, 0.717) is 23.0 Å². The number of carbonyl (C=O) groups is 1. The third-order valence-corrected chi connectivity index (χ3v) is 12.1. The van der Waals surface area contributed by atoms with Gasteiger partial charge in [-0.05, 0) is 105 Å². The van der Waals surface area contributed by atoms with Crippen molar-refractivity contribution < 1.29 is 14.6 Å². The first kappa shape index (κ1) is 25.1. The topological polar surface area (TPSA) is 49.8 Å². The van der Waals surface area contributed by atoms with E-state index in [1.165, 1.54) is 37.7 Å². The van der Waals surface area contributed by atoms with Crippen molar-refractivity contribution in [3.05, 3.63) is 35.9 Å². The number of benzene rings is 1. The fraction of sp³-hybridized carbons (Fsp3) is 0.781.